The molecule has 0 amide bonds. The molecule has 1 atom stereocenters. The molecule has 10 heavy (non-hydrogen) atoms. The molecule has 1 nitrogen and oxygen atoms in total. The summed E-state index contributed by atoms with van der Waals surface area (Å²) in [5.74, 6) is 2.64. The van der Waals surface area contributed by atoms with Gasteiger partial charge in [0.1, 0.15) is 0 Å². The summed E-state index contributed by atoms with van der Waals surface area (Å²) < 4.78 is 0. The summed E-state index contributed by atoms with van der Waals surface area (Å²) in [6.45, 7) is 0. The molecular weight excluding hydrogens is 142 g/mol. The lowest BCUT2D eigenvalue weighted by Gasteiger charge is -2.48. The fourth-order valence-corrected chi connectivity index (χ4v) is 3.52. The van der Waals surface area contributed by atoms with Gasteiger partial charge in [0.2, 0.25) is 0 Å². The zero-order chi connectivity index (χ0) is 7.03. The van der Waals surface area contributed by atoms with Crippen LogP contribution in [0.2, 0.25) is 0 Å². The Hall–Kier alpha value is 0.310. The van der Waals surface area contributed by atoms with E-state index >= 15 is 0 Å². The molecule has 0 aromatic rings. The van der Waals surface area contributed by atoms with Gasteiger partial charge in [-0.25, -0.2) is 0 Å². The van der Waals surface area contributed by atoms with Crippen LogP contribution in [-0.2, 0) is 0 Å². The van der Waals surface area contributed by atoms with E-state index in [1.807, 2.05) is 0 Å². The average Bonchev–Trinajstić information content (AvgIpc) is 1.85. The van der Waals surface area contributed by atoms with E-state index in [0.717, 1.165) is 0 Å². The molecule has 2 fully saturated rings. The predicted molar refractivity (Wildman–Crippen MR) is 46.2 cm³/mol. The predicted octanol–water partition coefficient (Wildman–Crippen LogP) is 1.62. The highest BCUT2D eigenvalue weighted by Gasteiger charge is 2.43. The molecule has 0 aromatic heterocycles. The maximum Gasteiger partial charge on any atom is 0.0111 e. The van der Waals surface area contributed by atoms with Crippen molar-refractivity contribution in [2.24, 2.45) is 11.1 Å². The molecule has 1 saturated carbocycles. The number of rotatable bonds is 0. The summed E-state index contributed by atoms with van der Waals surface area (Å²) in [6.07, 6.45) is 5.49. The van der Waals surface area contributed by atoms with Crippen LogP contribution in [0.25, 0.3) is 0 Å². The quantitative estimate of drug-likeness (QED) is 0.578. The lowest BCUT2D eigenvalue weighted by Crippen LogP contribution is -2.50. The normalized spacial score (nSPS) is 37.5. The minimum Gasteiger partial charge on any atom is -0.327 e. The van der Waals surface area contributed by atoms with E-state index in [-0.39, 0.29) is 0 Å². The summed E-state index contributed by atoms with van der Waals surface area (Å²) in [5, 5.41) is 0. The van der Waals surface area contributed by atoms with Crippen molar-refractivity contribution < 1.29 is 0 Å². The van der Waals surface area contributed by atoms with E-state index < -0.39 is 0 Å². The van der Waals surface area contributed by atoms with Gasteiger partial charge in [-0.05, 0) is 30.4 Å². The van der Waals surface area contributed by atoms with Crippen molar-refractivity contribution in [1.82, 2.24) is 0 Å². The molecule has 2 heteroatoms. The minimum atomic E-state index is 0.530. The lowest BCUT2D eigenvalue weighted by molar-refractivity contribution is 0.119. The van der Waals surface area contributed by atoms with E-state index in [9.17, 15) is 0 Å². The highest BCUT2D eigenvalue weighted by molar-refractivity contribution is 7.99. The highest BCUT2D eigenvalue weighted by Crippen LogP contribution is 2.48. The van der Waals surface area contributed by atoms with Crippen molar-refractivity contribution in [2.75, 3.05) is 11.5 Å². The van der Waals surface area contributed by atoms with Crippen LogP contribution in [0.4, 0.5) is 0 Å². The molecule has 2 N–H and O–H groups in total. The van der Waals surface area contributed by atoms with E-state index in [1.54, 1.807) is 0 Å². The Morgan fingerprint density at radius 2 is 2.20 bits per heavy atom. The van der Waals surface area contributed by atoms with Gasteiger partial charge in [-0.15, -0.1) is 0 Å². The number of hydrogen-bond donors (Lipinski definition) is 1. The fraction of sp³-hybridized carbons (Fsp3) is 1.00. The minimum absolute atomic E-state index is 0.530. The molecule has 2 rings (SSSR count). The Balaban J connectivity index is 2.03. The molecule has 58 valence electrons. The highest BCUT2D eigenvalue weighted by atomic mass is 32.2. The van der Waals surface area contributed by atoms with Crippen LogP contribution in [-0.4, -0.2) is 17.5 Å². The number of nitrogens with two attached hydrogens (primary N) is 1. The Bertz CT molecular complexity index is 131. The van der Waals surface area contributed by atoms with Gasteiger partial charge in [-0.1, -0.05) is 6.42 Å². The first-order chi connectivity index (χ1) is 4.83. The number of hydrogen-bond acceptors (Lipinski definition) is 2. The van der Waals surface area contributed by atoms with E-state index in [4.69, 9.17) is 5.73 Å². The SMILES string of the molecule is NC1CCSCC12CCC2. The van der Waals surface area contributed by atoms with Gasteiger partial charge >= 0.3 is 0 Å². The van der Waals surface area contributed by atoms with Crippen LogP contribution in [0.1, 0.15) is 25.7 Å². The molecule has 2 aliphatic rings. The monoisotopic (exact) mass is 157 g/mol. The van der Waals surface area contributed by atoms with Gasteiger partial charge in [-0.2, -0.15) is 11.8 Å². The van der Waals surface area contributed by atoms with Crippen molar-refractivity contribution >= 4 is 11.8 Å². The maximum absolute atomic E-state index is 6.06. The first-order valence-corrected chi connectivity index (χ1v) is 5.32. The second kappa shape index (κ2) is 2.42. The van der Waals surface area contributed by atoms with Gasteiger partial charge in [0.25, 0.3) is 0 Å². The van der Waals surface area contributed by atoms with Crippen molar-refractivity contribution in [3.05, 3.63) is 0 Å². The second-order valence-corrected chi connectivity index (χ2v) is 4.77. The first kappa shape index (κ1) is 6.99. The van der Waals surface area contributed by atoms with Gasteiger partial charge < -0.3 is 5.73 Å². The summed E-state index contributed by atoms with van der Waals surface area (Å²) in [4.78, 5) is 0. The van der Waals surface area contributed by atoms with E-state index in [0.29, 0.717) is 11.5 Å². The molecule has 1 saturated heterocycles. The van der Waals surface area contributed by atoms with Gasteiger partial charge in [-0.3, -0.25) is 0 Å². The summed E-state index contributed by atoms with van der Waals surface area (Å²) in [6, 6.07) is 0.530. The smallest absolute Gasteiger partial charge is 0.0111 e. The van der Waals surface area contributed by atoms with Crippen LogP contribution in [0.5, 0.6) is 0 Å². The van der Waals surface area contributed by atoms with Crippen LogP contribution in [0, 0.1) is 5.41 Å². The summed E-state index contributed by atoms with van der Waals surface area (Å²) >= 11 is 2.10. The Labute approximate surface area is 66.7 Å². The molecule has 0 bridgehead atoms. The second-order valence-electron chi connectivity index (χ2n) is 3.66. The van der Waals surface area contributed by atoms with Crippen molar-refractivity contribution in [1.29, 1.82) is 0 Å². The molecule has 1 aliphatic heterocycles. The third kappa shape index (κ3) is 0.892. The maximum atomic E-state index is 6.06. The Morgan fingerprint density at radius 1 is 1.40 bits per heavy atom. The third-order valence-electron chi connectivity index (χ3n) is 3.10. The van der Waals surface area contributed by atoms with Gasteiger partial charge in [0, 0.05) is 11.8 Å². The molecule has 0 radical (unpaired) electrons. The zero-order valence-corrected chi connectivity index (χ0v) is 7.12. The topological polar surface area (TPSA) is 26.0 Å². The van der Waals surface area contributed by atoms with E-state index in [2.05, 4.69) is 11.8 Å². The standard InChI is InChI=1S/C8H15NS/c9-7-2-5-10-6-8(7)3-1-4-8/h7H,1-6,9H2. The van der Waals surface area contributed by atoms with Crippen LogP contribution >= 0.6 is 11.8 Å². The molecule has 1 aliphatic carbocycles. The van der Waals surface area contributed by atoms with Crippen molar-refractivity contribution in [3.8, 4) is 0 Å². The Morgan fingerprint density at radius 3 is 2.60 bits per heavy atom. The largest absolute Gasteiger partial charge is 0.327 e. The first-order valence-electron chi connectivity index (χ1n) is 4.17. The molecule has 0 aromatic carbocycles. The van der Waals surface area contributed by atoms with Gasteiger partial charge in [0.15, 0.2) is 0 Å². The zero-order valence-electron chi connectivity index (χ0n) is 6.31. The Kier molecular flexibility index (Phi) is 1.69. The number of thioether (sulfide) groups is 1. The third-order valence-corrected chi connectivity index (χ3v) is 4.40. The van der Waals surface area contributed by atoms with Crippen LogP contribution in [0.15, 0.2) is 0 Å². The lowest BCUT2D eigenvalue weighted by atomic mass is 9.65. The van der Waals surface area contributed by atoms with Crippen LogP contribution in [0.3, 0.4) is 0 Å². The molecule has 1 unspecified atom stereocenters. The van der Waals surface area contributed by atoms with E-state index in [1.165, 1.54) is 37.2 Å². The molecular formula is C8H15NS. The average molecular weight is 157 g/mol. The molecule has 1 spiro atoms. The van der Waals surface area contributed by atoms with Crippen molar-refractivity contribution in [2.45, 2.75) is 31.7 Å². The van der Waals surface area contributed by atoms with Crippen molar-refractivity contribution in [3.63, 3.8) is 0 Å². The van der Waals surface area contributed by atoms with Crippen LogP contribution < -0.4 is 5.73 Å². The summed E-state index contributed by atoms with van der Waals surface area (Å²) in [5.41, 5.74) is 6.66. The summed E-state index contributed by atoms with van der Waals surface area (Å²) in [7, 11) is 0. The molecule has 1 heterocycles. The van der Waals surface area contributed by atoms with Gasteiger partial charge in [0.05, 0.1) is 0 Å². The fourth-order valence-electron chi connectivity index (χ4n) is 2.04.